The summed E-state index contributed by atoms with van der Waals surface area (Å²) < 4.78 is 28.8. The van der Waals surface area contributed by atoms with Crippen molar-refractivity contribution in [3.8, 4) is 17.1 Å². The zero-order valence-electron chi connectivity index (χ0n) is 17.7. The minimum atomic E-state index is -0.354. The molecule has 3 heterocycles. The molecule has 2 aromatic carbocycles. The van der Waals surface area contributed by atoms with Crippen LogP contribution in [0.15, 0.2) is 58.5 Å². The van der Waals surface area contributed by atoms with Gasteiger partial charge >= 0.3 is 0 Å². The number of H-pyrrole nitrogens is 1. The quantitative estimate of drug-likeness (QED) is 0.337. The van der Waals surface area contributed by atoms with Gasteiger partial charge in [0.2, 0.25) is 0 Å². The molecule has 0 radical (unpaired) electrons. The number of fused-ring (bicyclic) bond motifs is 3. The third kappa shape index (κ3) is 3.72. The number of nitrogens with one attached hydrogen (secondary N) is 1. The van der Waals surface area contributed by atoms with Crippen LogP contribution in [0.3, 0.4) is 0 Å². The van der Waals surface area contributed by atoms with Gasteiger partial charge in [-0.15, -0.1) is 21.5 Å². The van der Waals surface area contributed by atoms with E-state index >= 15 is 0 Å². The predicted molar refractivity (Wildman–Crippen MR) is 129 cm³/mol. The molecule has 0 amide bonds. The normalized spacial score (nSPS) is 13.0. The summed E-state index contributed by atoms with van der Waals surface area (Å²) in [4.78, 5) is 22.4. The Balaban J connectivity index is 1.36. The number of rotatable bonds is 5. The van der Waals surface area contributed by atoms with Crippen molar-refractivity contribution in [3.63, 3.8) is 0 Å². The SMILES string of the molecule is O=c1[nH]c(CSc2nnc(-c3ccc(F)cc3)n2-c2ccc(F)cc2)nc2sc3c(c12)CCC3. The molecular weight excluding hydrogens is 476 g/mol. The number of aryl methyl sites for hydroxylation is 2. The van der Waals surface area contributed by atoms with Gasteiger partial charge in [-0.25, -0.2) is 13.8 Å². The Kier molecular flexibility index (Phi) is 5.26. The molecule has 1 aliphatic carbocycles. The summed E-state index contributed by atoms with van der Waals surface area (Å²) in [5.74, 6) is 0.722. The van der Waals surface area contributed by atoms with Crippen LogP contribution in [0.2, 0.25) is 0 Å². The zero-order chi connectivity index (χ0) is 23.2. The highest BCUT2D eigenvalue weighted by Gasteiger charge is 2.22. The molecule has 0 bridgehead atoms. The molecule has 34 heavy (non-hydrogen) atoms. The molecule has 0 spiro atoms. The lowest BCUT2D eigenvalue weighted by Gasteiger charge is -2.10. The van der Waals surface area contributed by atoms with Crippen LogP contribution in [-0.2, 0) is 18.6 Å². The molecule has 5 aromatic rings. The van der Waals surface area contributed by atoms with E-state index in [9.17, 15) is 13.6 Å². The van der Waals surface area contributed by atoms with Crippen molar-refractivity contribution in [2.45, 2.75) is 30.2 Å². The minimum absolute atomic E-state index is 0.105. The van der Waals surface area contributed by atoms with Crippen molar-refractivity contribution in [1.29, 1.82) is 0 Å². The van der Waals surface area contributed by atoms with Gasteiger partial charge in [-0.05, 0) is 73.4 Å². The lowest BCUT2D eigenvalue weighted by Crippen LogP contribution is -2.11. The molecule has 0 unspecified atom stereocenters. The largest absolute Gasteiger partial charge is 0.309 e. The average Bonchev–Trinajstić information content (AvgIpc) is 3.53. The maximum atomic E-state index is 13.6. The highest BCUT2D eigenvalue weighted by Crippen LogP contribution is 2.35. The molecule has 3 aromatic heterocycles. The van der Waals surface area contributed by atoms with Gasteiger partial charge in [0.1, 0.15) is 22.3 Å². The first kappa shape index (κ1) is 21.2. The number of halogens is 2. The molecule has 0 saturated heterocycles. The summed E-state index contributed by atoms with van der Waals surface area (Å²) in [7, 11) is 0. The number of thioether (sulfide) groups is 1. The van der Waals surface area contributed by atoms with Crippen molar-refractivity contribution >= 4 is 33.3 Å². The number of hydrogen-bond donors (Lipinski definition) is 1. The van der Waals surface area contributed by atoms with Crippen molar-refractivity contribution in [2.24, 2.45) is 0 Å². The smallest absolute Gasteiger partial charge is 0.259 e. The second kappa shape index (κ2) is 8.44. The number of aromatic amines is 1. The Morgan fingerprint density at radius 2 is 1.74 bits per heavy atom. The highest BCUT2D eigenvalue weighted by atomic mass is 32.2. The van der Waals surface area contributed by atoms with Gasteiger partial charge in [0.25, 0.3) is 5.56 Å². The van der Waals surface area contributed by atoms with Crippen LogP contribution in [0, 0.1) is 11.6 Å². The van der Waals surface area contributed by atoms with E-state index in [0.717, 1.165) is 35.0 Å². The molecule has 6 nitrogen and oxygen atoms in total. The number of aromatic nitrogens is 5. The van der Waals surface area contributed by atoms with Crippen LogP contribution < -0.4 is 5.56 Å². The summed E-state index contributed by atoms with van der Waals surface area (Å²) in [6.45, 7) is 0. The third-order valence-electron chi connectivity index (χ3n) is 5.78. The number of thiophene rings is 1. The van der Waals surface area contributed by atoms with Crippen LogP contribution in [0.25, 0.3) is 27.3 Å². The fraction of sp³-hybridized carbons (Fsp3) is 0.167. The molecule has 1 aliphatic rings. The Morgan fingerprint density at radius 3 is 2.50 bits per heavy atom. The van der Waals surface area contributed by atoms with Gasteiger partial charge in [-0.3, -0.25) is 9.36 Å². The Bertz CT molecular complexity index is 1570. The maximum absolute atomic E-state index is 13.6. The second-order valence-corrected chi connectivity index (χ2v) is 9.99. The van der Waals surface area contributed by atoms with Gasteiger partial charge in [0, 0.05) is 16.1 Å². The van der Waals surface area contributed by atoms with Crippen molar-refractivity contribution < 1.29 is 8.78 Å². The van der Waals surface area contributed by atoms with E-state index < -0.39 is 0 Å². The van der Waals surface area contributed by atoms with E-state index in [4.69, 9.17) is 4.98 Å². The monoisotopic (exact) mass is 493 g/mol. The topological polar surface area (TPSA) is 76.5 Å². The second-order valence-electron chi connectivity index (χ2n) is 7.96. The zero-order valence-corrected chi connectivity index (χ0v) is 19.3. The number of nitrogens with zero attached hydrogens (tertiary/aromatic N) is 4. The van der Waals surface area contributed by atoms with Gasteiger partial charge < -0.3 is 4.98 Å². The average molecular weight is 494 g/mol. The molecule has 1 N–H and O–H groups in total. The molecule has 10 heteroatoms. The predicted octanol–water partition coefficient (Wildman–Crippen LogP) is 5.29. The van der Waals surface area contributed by atoms with Crippen molar-refractivity contribution in [2.75, 3.05) is 0 Å². The first-order valence-corrected chi connectivity index (χ1v) is 12.5. The Labute approximate surface area is 200 Å². The maximum Gasteiger partial charge on any atom is 0.259 e. The fourth-order valence-electron chi connectivity index (χ4n) is 4.22. The molecule has 0 fully saturated rings. The molecule has 170 valence electrons. The first-order chi connectivity index (χ1) is 16.6. The Hall–Kier alpha value is -3.37. The summed E-state index contributed by atoms with van der Waals surface area (Å²) in [6, 6.07) is 11.9. The van der Waals surface area contributed by atoms with Crippen molar-refractivity contribution in [1.82, 2.24) is 24.7 Å². The Morgan fingerprint density at radius 1 is 1.00 bits per heavy atom. The lowest BCUT2D eigenvalue weighted by atomic mass is 10.2. The standard InChI is InChI=1S/C24H17F2N5OS2/c25-14-6-4-13(5-7-14)21-29-30-24(31(21)16-10-8-15(26)9-11-16)33-12-19-27-22(32)20-17-2-1-3-18(17)34-23(20)28-19/h4-11H,1-3,12H2,(H,27,28,32). The highest BCUT2D eigenvalue weighted by molar-refractivity contribution is 7.98. The summed E-state index contributed by atoms with van der Waals surface area (Å²) in [6.07, 6.45) is 3.03. The fourth-order valence-corrected chi connectivity index (χ4v) is 6.32. The van der Waals surface area contributed by atoms with Crippen LogP contribution in [0.1, 0.15) is 22.7 Å². The molecule has 0 aliphatic heterocycles. The van der Waals surface area contributed by atoms with E-state index in [1.54, 1.807) is 40.2 Å². The molecular formula is C24H17F2N5OS2. The first-order valence-electron chi connectivity index (χ1n) is 10.7. The van der Waals surface area contributed by atoms with Crippen LogP contribution in [-0.4, -0.2) is 24.7 Å². The minimum Gasteiger partial charge on any atom is -0.309 e. The lowest BCUT2D eigenvalue weighted by molar-refractivity contribution is 0.626. The van der Waals surface area contributed by atoms with Gasteiger partial charge in [0.05, 0.1) is 11.1 Å². The van der Waals surface area contributed by atoms with Gasteiger partial charge in [-0.2, -0.15) is 0 Å². The van der Waals surface area contributed by atoms with Crippen LogP contribution in [0.4, 0.5) is 8.78 Å². The van der Waals surface area contributed by atoms with Crippen LogP contribution in [0.5, 0.6) is 0 Å². The van der Waals surface area contributed by atoms with Crippen molar-refractivity contribution in [3.05, 3.63) is 86.8 Å². The summed E-state index contributed by atoms with van der Waals surface area (Å²) in [5, 5.41) is 9.90. The van der Waals surface area contributed by atoms with E-state index in [-0.39, 0.29) is 17.2 Å². The van der Waals surface area contributed by atoms with Crippen LogP contribution >= 0.6 is 23.1 Å². The summed E-state index contributed by atoms with van der Waals surface area (Å²) in [5.41, 5.74) is 2.38. The molecule has 6 rings (SSSR count). The number of benzene rings is 2. The van der Waals surface area contributed by atoms with E-state index in [1.807, 2.05) is 0 Å². The summed E-state index contributed by atoms with van der Waals surface area (Å²) >= 11 is 2.96. The van der Waals surface area contributed by atoms with E-state index in [1.165, 1.54) is 40.9 Å². The van der Waals surface area contributed by atoms with Gasteiger partial charge in [0.15, 0.2) is 11.0 Å². The van der Waals surface area contributed by atoms with E-state index in [0.29, 0.717) is 33.8 Å². The molecule has 0 atom stereocenters. The number of hydrogen-bond acceptors (Lipinski definition) is 6. The molecule has 0 saturated carbocycles. The third-order valence-corrected chi connectivity index (χ3v) is 7.91. The van der Waals surface area contributed by atoms with E-state index in [2.05, 4.69) is 15.2 Å². The van der Waals surface area contributed by atoms with Gasteiger partial charge in [-0.1, -0.05) is 11.8 Å².